The van der Waals surface area contributed by atoms with Gasteiger partial charge in [0.2, 0.25) is 0 Å². The molecule has 5 nitrogen and oxygen atoms in total. The minimum atomic E-state index is -1.15. The number of hydrogen-bond donors (Lipinski definition) is 1. The average Bonchev–Trinajstić information content (AvgIpc) is 3.40. The fourth-order valence-electron chi connectivity index (χ4n) is 5.52. The van der Waals surface area contributed by atoms with Crippen molar-refractivity contribution >= 4 is 28.6 Å². The molecular weight excluding hydrogens is 494 g/mol. The van der Waals surface area contributed by atoms with E-state index >= 15 is 0 Å². The highest BCUT2D eigenvalue weighted by atomic mass is 32.2. The van der Waals surface area contributed by atoms with Gasteiger partial charge in [-0.25, -0.2) is 4.79 Å². The minimum Gasteiger partial charge on any atom is -0.493 e. The first-order valence-corrected chi connectivity index (χ1v) is 14.0. The predicted molar refractivity (Wildman–Crippen MR) is 154 cm³/mol. The van der Waals surface area contributed by atoms with Crippen LogP contribution in [0.3, 0.4) is 0 Å². The second kappa shape index (κ2) is 10.2. The van der Waals surface area contributed by atoms with E-state index in [1.54, 1.807) is 11.8 Å². The molecular formula is C32H35NO4S. The lowest BCUT2D eigenvalue weighted by Gasteiger charge is -2.30. The molecule has 0 unspecified atom stereocenters. The molecule has 1 atom stereocenters. The molecule has 1 aliphatic heterocycles. The lowest BCUT2D eigenvalue weighted by molar-refractivity contribution is -0.160. The minimum absolute atomic E-state index is 0.636. The van der Waals surface area contributed by atoms with Gasteiger partial charge in [-0.05, 0) is 94.3 Å². The molecule has 1 aliphatic carbocycles. The molecule has 6 heteroatoms. The van der Waals surface area contributed by atoms with Crippen LogP contribution < -0.4 is 4.74 Å². The summed E-state index contributed by atoms with van der Waals surface area (Å²) in [5.74, 6) is -0.195. The summed E-state index contributed by atoms with van der Waals surface area (Å²) in [4.78, 5) is 19.6. The Labute approximate surface area is 229 Å². The normalized spacial score (nSPS) is 15.8. The van der Waals surface area contributed by atoms with Gasteiger partial charge in [0, 0.05) is 44.5 Å². The summed E-state index contributed by atoms with van der Waals surface area (Å²) in [6.45, 7) is 14.8. The maximum atomic E-state index is 12.8. The molecule has 2 aliphatic rings. The van der Waals surface area contributed by atoms with Gasteiger partial charge in [-0.1, -0.05) is 30.5 Å². The average molecular weight is 530 g/mol. The number of aliphatic carboxylic acids is 1. The van der Waals surface area contributed by atoms with Crippen LogP contribution >= 0.6 is 11.8 Å². The van der Waals surface area contributed by atoms with Crippen molar-refractivity contribution in [1.82, 2.24) is 4.98 Å². The van der Waals surface area contributed by atoms with E-state index in [-0.39, 0.29) is 0 Å². The van der Waals surface area contributed by atoms with Crippen LogP contribution in [-0.2, 0) is 16.0 Å². The summed E-state index contributed by atoms with van der Waals surface area (Å²) in [7, 11) is 0. The third-order valence-electron chi connectivity index (χ3n) is 7.13. The van der Waals surface area contributed by atoms with Gasteiger partial charge in [0.05, 0.1) is 17.7 Å². The summed E-state index contributed by atoms with van der Waals surface area (Å²) in [6.07, 6.45) is 7.00. The highest BCUT2D eigenvalue weighted by Crippen LogP contribution is 2.49. The van der Waals surface area contributed by atoms with Crippen molar-refractivity contribution in [3.05, 3.63) is 75.8 Å². The summed E-state index contributed by atoms with van der Waals surface area (Å²) >= 11 is 1.63. The third kappa shape index (κ3) is 4.99. The maximum Gasteiger partial charge on any atom is 0.337 e. The fraction of sp³-hybridized carbons (Fsp3) is 0.375. The number of nitrogens with zero attached hydrogens (tertiary/aromatic N) is 1. The van der Waals surface area contributed by atoms with Crippen LogP contribution in [0.15, 0.2) is 58.5 Å². The summed E-state index contributed by atoms with van der Waals surface area (Å²) < 4.78 is 12.2. The zero-order valence-corrected chi connectivity index (χ0v) is 23.6. The van der Waals surface area contributed by atoms with Crippen molar-refractivity contribution < 1.29 is 19.4 Å². The Morgan fingerprint density at radius 3 is 2.66 bits per heavy atom. The summed E-state index contributed by atoms with van der Waals surface area (Å²) in [5, 5.41) is 11.5. The topological polar surface area (TPSA) is 68.7 Å². The molecule has 0 saturated heterocycles. The van der Waals surface area contributed by atoms with Crippen LogP contribution in [0.2, 0.25) is 0 Å². The number of carboxylic acids is 1. The van der Waals surface area contributed by atoms with Crippen LogP contribution in [0.5, 0.6) is 5.75 Å². The predicted octanol–water partition coefficient (Wildman–Crippen LogP) is 8.11. The number of allylic oxidation sites excluding steroid dienone is 2. The Bertz CT molecular complexity index is 1470. The largest absolute Gasteiger partial charge is 0.493 e. The van der Waals surface area contributed by atoms with E-state index in [4.69, 9.17) is 14.5 Å². The van der Waals surface area contributed by atoms with Crippen molar-refractivity contribution in [1.29, 1.82) is 0 Å². The first-order chi connectivity index (χ1) is 18.0. The molecule has 0 amide bonds. The van der Waals surface area contributed by atoms with Crippen LogP contribution in [0.1, 0.15) is 68.4 Å². The molecule has 198 valence electrons. The zero-order chi connectivity index (χ0) is 27.2. The van der Waals surface area contributed by atoms with Crippen LogP contribution in [0, 0.1) is 13.8 Å². The molecule has 0 spiro atoms. The highest BCUT2D eigenvalue weighted by molar-refractivity contribution is 8.03. The highest BCUT2D eigenvalue weighted by Gasteiger charge is 2.33. The van der Waals surface area contributed by atoms with Crippen molar-refractivity contribution in [2.75, 3.05) is 6.61 Å². The molecule has 1 aromatic heterocycles. The van der Waals surface area contributed by atoms with Gasteiger partial charge >= 0.3 is 5.97 Å². The van der Waals surface area contributed by atoms with E-state index in [1.165, 1.54) is 11.1 Å². The second-order valence-electron chi connectivity index (χ2n) is 11.1. The molecule has 0 saturated carbocycles. The molecule has 1 N–H and O–H groups in total. The number of aromatic nitrogens is 1. The number of aryl methyl sites for hydroxylation is 2. The van der Waals surface area contributed by atoms with Crippen molar-refractivity contribution in [2.45, 2.75) is 76.9 Å². The molecule has 0 bridgehead atoms. The van der Waals surface area contributed by atoms with Crippen LogP contribution in [-0.4, -0.2) is 28.3 Å². The van der Waals surface area contributed by atoms with Crippen molar-refractivity contribution in [3.8, 4) is 16.9 Å². The van der Waals surface area contributed by atoms with E-state index in [9.17, 15) is 9.90 Å². The van der Waals surface area contributed by atoms with Crippen LogP contribution in [0.4, 0.5) is 0 Å². The fourth-order valence-corrected chi connectivity index (χ4v) is 6.63. The molecule has 38 heavy (non-hydrogen) atoms. The molecule has 2 heterocycles. The Morgan fingerprint density at radius 2 is 1.97 bits per heavy atom. The van der Waals surface area contributed by atoms with Gasteiger partial charge < -0.3 is 14.6 Å². The van der Waals surface area contributed by atoms with Gasteiger partial charge in [0.25, 0.3) is 0 Å². The van der Waals surface area contributed by atoms with Gasteiger partial charge in [0.1, 0.15) is 5.75 Å². The van der Waals surface area contributed by atoms with Crippen molar-refractivity contribution in [2.24, 2.45) is 0 Å². The number of hydrogen-bond acceptors (Lipinski definition) is 5. The Balaban J connectivity index is 1.83. The first kappa shape index (κ1) is 26.5. The first-order valence-electron chi connectivity index (χ1n) is 13.2. The van der Waals surface area contributed by atoms with Crippen molar-refractivity contribution in [3.63, 3.8) is 0 Å². The lowest BCUT2D eigenvalue weighted by atomic mass is 9.88. The van der Waals surface area contributed by atoms with E-state index in [0.29, 0.717) is 12.2 Å². The van der Waals surface area contributed by atoms with Gasteiger partial charge in [-0.2, -0.15) is 0 Å². The van der Waals surface area contributed by atoms with Gasteiger partial charge in [0.15, 0.2) is 6.10 Å². The number of ether oxygens (including phenoxy) is 2. The maximum absolute atomic E-state index is 12.8. The lowest BCUT2D eigenvalue weighted by Crippen LogP contribution is -2.28. The molecule has 0 radical (unpaired) electrons. The number of pyridine rings is 1. The standard InChI is InChI=1S/C32H35NO4S/c1-18-17-19(2)30(38-20(3)21-9-7-8-10-21)27(25(18)29(31(34)35)37-32(4,5)6)23-11-12-24-26-22(14-16-36-24)13-15-33-28(23)26/h9,11-13,15,17,29H,3,7-8,10,14,16H2,1-2,4-6H3,(H,34,35)/t29-/m0/s1. The Kier molecular flexibility index (Phi) is 7.14. The third-order valence-corrected chi connectivity index (χ3v) is 8.37. The van der Waals surface area contributed by atoms with Gasteiger partial charge in [-0.15, -0.1) is 0 Å². The monoisotopic (exact) mass is 529 g/mol. The molecule has 5 rings (SSSR count). The number of thioether (sulfide) groups is 1. The summed E-state index contributed by atoms with van der Waals surface area (Å²) in [5.41, 5.74) is 6.97. The number of carbonyl (C=O) groups is 1. The van der Waals surface area contributed by atoms with E-state index < -0.39 is 17.7 Å². The Morgan fingerprint density at radius 1 is 1.18 bits per heavy atom. The number of benzene rings is 2. The zero-order valence-electron chi connectivity index (χ0n) is 22.8. The molecule has 0 fully saturated rings. The molecule has 3 aromatic rings. The smallest absolute Gasteiger partial charge is 0.337 e. The SMILES string of the molecule is C=C(Sc1c(C)cc(C)c([C@H](OC(C)(C)C)C(=O)O)c1-c1ccc2c3c(ccnc13)CCO2)C1=CCCC1. The summed E-state index contributed by atoms with van der Waals surface area (Å²) in [6, 6.07) is 8.14. The van der Waals surface area contributed by atoms with Crippen LogP contribution in [0.25, 0.3) is 22.0 Å². The quantitative estimate of drug-likeness (QED) is 0.312. The number of rotatable bonds is 7. The number of carboxylic acid groups (broad SMARTS) is 1. The van der Waals surface area contributed by atoms with E-state index in [1.807, 2.05) is 52.1 Å². The van der Waals surface area contributed by atoms with Gasteiger partial charge in [-0.3, -0.25) is 4.98 Å². The molecule has 2 aromatic carbocycles. The second-order valence-corrected chi connectivity index (χ2v) is 12.2. The van der Waals surface area contributed by atoms with E-state index in [2.05, 4.69) is 25.6 Å². The Hall–Kier alpha value is -3.09. The van der Waals surface area contributed by atoms with E-state index in [0.717, 1.165) is 74.4 Å².